The van der Waals surface area contributed by atoms with Gasteiger partial charge >= 0.3 is 0 Å². The van der Waals surface area contributed by atoms with Crippen LogP contribution in [0.25, 0.3) is 0 Å². The fourth-order valence-electron chi connectivity index (χ4n) is 4.99. The Morgan fingerprint density at radius 2 is 1.22 bits per heavy atom. The summed E-state index contributed by atoms with van der Waals surface area (Å²) in [4.78, 5) is 2.36. The monoisotopic (exact) mass is 439 g/mol. The number of rotatable bonds is 6. The van der Waals surface area contributed by atoms with Crippen LogP contribution in [0, 0.1) is 27.7 Å². The Bertz CT molecular complexity index is 1080. The first kappa shape index (κ1) is 22.7. The second-order valence-electron chi connectivity index (χ2n) is 9.31. The molecular formula is C30H34NP. The summed E-state index contributed by atoms with van der Waals surface area (Å²) >= 11 is 0. The van der Waals surface area contributed by atoms with Crippen LogP contribution >= 0.6 is 7.92 Å². The summed E-state index contributed by atoms with van der Waals surface area (Å²) in [5.74, 6) is 0. The molecule has 4 rings (SSSR count). The lowest BCUT2D eigenvalue weighted by atomic mass is 9.98. The molecule has 0 aromatic heterocycles. The highest BCUT2D eigenvalue weighted by atomic mass is 31.1. The molecule has 0 fully saturated rings. The van der Waals surface area contributed by atoms with E-state index in [1.807, 2.05) is 0 Å². The highest BCUT2D eigenvalue weighted by Gasteiger charge is 2.29. The number of allylic oxidation sites excluding steroid dienone is 2. The van der Waals surface area contributed by atoms with Gasteiger partial charge in [-0.3, -0.25) is 4.90 Å². The molecule has 0 unspecified atom stereocenters. The number of benzene rings is 3. The molecule has 0 heterocycles. The van der Waals surface area contributed by atoms with E-state index in [4.69, 9.17) is 0 Å². The molecular weight excluding hydrogens is 405 g/mol. The van der Waals surface area contributed by atoms with Crippen molar-refractivity contribution in [2.75, 3.05) is 14.1 Å². The van der Waals surface area contributed by atoms with Gasteiger partial charge in [0, 0.05) is 0 Å². The van der Waals surface area contributed by atoms with Gasteiger partial charge in [-0.2, -0.15) is 0 Å². The average Bonchev–Trinajstić information content (AvgIpc) is 3.16. The molecule has 1 nitrogen and oxygen atoms in total. The Labute approximate surface area is 195 Å². The van der Waals surface area contributed by atoms with Gasteiger partial charge in [-0.05, 0) is 83.2 Å². The summed E-state index contributed by atoms with van der Waals surface area (Å²) in [6, 6.07) is 25.4. The summed E-state index contributed by atoms with van der Waals surface area (Å²) < 4.78 is 0. The minimum Gasteiger partial charge on any atom is -0.299 e. The molecule has 0 bridgehead atoms. The molecule has 0 spiro atoms. The van der Waals surface area contributed by atoms with Crippen molar-refractivity contribution >= 4 is 18.5 Å². The van der Waals surface area contributed by atoms with Crippen LogP contribution in [-0.4, -0.2) is 19.0 Å². The smallest absolute Gasteiger partial charge is 0.0600 e. The van der Waals surface area contributed by atoms with E-state index >= 15 is 0 Å². The van der Waals surface area contributed by atoms with E-state index in [0.29, 0.717) is 0 Å². The summed E-state index contributed by atoms with van der Waals surface area (Å²) in [7, 11) is 3.78. The molecule has 0 saturated heterocycles. The van der Waals surface area contributed by atoms with Crippen molar-refractivity contribution in [1.82, 2.24) is 4.90 Å². The number of hydrogen-bond donors (Lipinski definition) is 0. The molecule has 3 aromatic carbocycles. The predicted molar refractivity (Wildman–Crippen MR) is 142 cm³/mol. The van der Waals surface area contributed by atoms with E-state index in [9.17, 15) is 0 Å². The summed E-state index contributed by atoms with van der Waals surface area (Å²) in [6.45, 7) is 8.89. The molecule has 1 aliphatic carbocycles. The van der Waals surface area contributed by atoms with Crippen molar-refractivity contribution in [3.05, 3.63) is 118 Å². The topological polar surface area (TPSA) is 3.24 Å². The second kappa shape index (κ2) is 9.57. The first-order valence-electron chi connectivity index (χ1n) is 11.4. The van der Waals surface area contributed by atoms with Crippen molar-refractivity contribution in [2.24, 2.45) is 0 Å². The Hall–Kier alpha value is -2.47. The minimum absolute atomic E-state index is 0.256. The number of likely N-dealkylation sites (N-methyl/N-ethyl adjacent to an activating group) is 1. The maximum atomic E-state index is 2.41. The Balaban J connectivity index is 1.95. The number of nitrogens with zero attached hydrogens (tertiary/aromatic N) is 1. The van der Waals surface area contributed by atoms with E-state index in [1.54, 1.807) is 5.31 Å². The van der Waals surface area contributed by atoms with Crippen LogP contribution in [-0.2, 0) is 0 Å². The first-order chi connectivity index (χ1) is 15.3. The van der Waals surface area contributed by atoms with E-state index in [-0.39, 0.29) is 6.04 Å². The molecule has 0 N–H and O–H groups in total. The van der Waals surface area contributed by atoms with Gasteiger partial charge in [-0.15, -0.1) is 0 Å². The van der Waals surface area contributed by atoms with Gasteiger partial charge in [-0.1, -0.05) is 101 Å². The molecule has 0 aliphatic heterocycles. The van der Waals surface area contributed by atoms with Gasteiger partial charge in [0.1, 0.15) is 0 Å². The minimum atomic E-state index is -0.613. The average molecular weight is 440 g/mol. The van der Waals surface area contributed by atoms with Gasteiger partial charge in [0.2, 0.25) is 0 Å². The van der Waals surface area contributed by atoms with Crippen LogP contribution in [0.1, 0.15) is 40.3 Å². The van der Waals surface area contributed by atoms with Crippen LogP contribution in [0.4, 0.5) is 0 Å². The van der Waals surface area contributed by atoms with Crippen molar-refractivity contribution in [3.63, 3.8) is 0 Å². The predicted octanol–water partition coefficient (Wildman–Crippen LogP) is 6.87. The molecule has 0 saturated carbocycles. The van der Waals surface area contributed by atoms with Crippen LogP contribution in [0.3, 0.4) is 0 Å². The van der Waals surface area contributed by atoms with E-state index in [1.165, 1.54) is 44.0 Å². The van der Waals surface area contributed by atoms with Crippen molar-refractivity contribution in [3.8, 4) is 0 Å². The molecule has 1 atom stereocenters. The number of hydrogen-bond acceptors (Lipinski definition) is 1. The fraction of sp³-hybridized carbons (Fsp3) is 0.267. The zero-order valence-electron chi connectivity index (χ0n) is 20.2. The van der Waals surface area contributed by atoms with Gasteiger partial charge in [-0.25, -0.2) is 0 Å². The molecule has 3 aromatic rings. The maximum Gasteiger partial charge on any atom is 0.0600 e. The Morgan fingerprint density at radius 3 is 1.69 bits per heavy atom. The zero-order valence-corrected chi connectivity index (χ0v) is 21.1. The van der Waals surface area contributed by atoms with E-state index in [2.05, 4.69) is 126 Å². The summed E-state index contributed by atoms with van der Waals surface area (Å²) in [5, 5.41) is 4.51. The van der Waals surface area contributed by atoms with Gasteiger partial charge in [0.15, 0.2) is 0 Å². The first-order valence-corrected chi connectivity index (χ1v) is 12.8. The fourth-order valence-corrected chi connectivity index (χ4v) is 7.99. The lowest BCUT2D eigenvalue weighted by molar-refractivity contribution is 0.341. The lowest BCUT2D eigenvalue weighted by Gasteiger charge is -2.30. The highest BCUT2D eigenvalue weighted by molar-refractivity contribution is 7.76. The molecule has 0 radical (unpaired) electrons. The third-order valence-electron chi connectivity index (χ3n) is 6.07. The summed E-state index contributed by atoms with van der Waals surface area (Å²) in [5.41, 5.74) is 8.20. The lowest BCUT2D eigenvalue weighted by Crippen LogP contribution is -2.23. The quantitative estimate of drug-likeness (QED) is 0.379. The van der Waals surface area contributed by atoms with Crippen LogP contribution in [0.2, 0.25) is 0 Å². The van der Waals surface area contributed by atoms with Gasteiger partial charge in [0.25, 0.3) is 0 Å². The molecule has 1 aliphatic rings. The second-order valence-corrected chi connectivity index (χ2v) is 11.6. The number of aryl methyl sites for hydroxylation is 4. The van der Waals surface area contributed by atoms with E-state index in [0.717, 1.165) is 6.42 Å². The third kappa shape index (κ3) is 4.80. The maximum absolute atomic E-state index is 2.41. The Kier molecular flexibility index (Phi) is 6.79. The largest absolute Gasteiger partial charge is 0.299 e. The summed E-state index contributed by atoms with van der Waals surface area (Å²) in [6.07, 6.45) is 5.77. The molecule has 0 amide bonds. The van der Waals surface area contributed by atoms with Crippen LogP contribution in [0.5, 0.6) is 0 Å². The van der Waals surface area contributed by atoms with Crippen molar-refractivity contribution in [1.29, 1.82) is 0 Å². The zero-order chi connectivity index (χ0) is 22.8. The van der Waals surface area contributed by atoms with Gasteiger partial charge in [0.05, 0.1) is 6.04 Å². The highest BCUT2D eigenvalue weighted by Crippen LogP contribution is 2.52. The Morgan fingerprint density at radius 1 is 0.719 bits per heavy atom. The molecule has 2 heteroatoms. The molecule has 32 heavy (non-hydrogen) atoms. The van der Waals surface area contributed by atoms with Gasteiger partial charge < -0.3 is 0 Å². The van der Waals surface area contributed by atoms with Crippen molar-refractivity contribution < 1.29 is 0 Å². The van der Waals surface area contributed by atoms with Crippen LogP contribution < -0.4 is 10.6 Å². The van der Waals surface area contributed by atoms with Crippen molar-refractivity contribution in [2.45, 2.75) is 40.2 Å². The van der Waals surface area contributed by atoms with Crippen LogP contribution in [0.15, 0.2) is 89.8 Å². The standard InChI is InChI=1S/C30H34NP/c1-21-15-22(2)18-26(17-21)32(27-19-23(3)16-24(4)20-27)29-14-10-13-28(29)30(31(5)6)25-11-8-7-9-12-25/h7-13,15-20,30H,14H2,1-6H3/t30-/m0/s1. The normalized spacial score (nSPS) is 14.6. The third-order valence-corrected chi connectivity index (χ3v) is 8.60. The van der Waals surface area contributed by atoms with E-state index < -0.39 is 7.92 Å². The SMILES string of the molecule is Cc1cc(C)cc(P(C2=C([C@H](c3ccccc3)N(C)C)C=CC2)c2cc(C)cc(C)c2)c1. The molecule has 164 valence electrons.